The first-order valence-corrected chi connectivity index (χ1v) is 8.64. The van der Waals surface area contributed by atoms with Crippen molar-refractivity contribution in [2.45, 2.75) is 50.4 Å². The second-order valence-electron chi connectivity index (χ2n) is 5.46. The average molecular weight is 492 g/mol. The lowest BCUT2D eigenvalue weighted by Gasteiger charge is -2.07. The number of carboxylic acid groups (broad SMARTS) is 6. The molecule has 194 valence electrons. The van der Waals surface area contributed by atoms with E-state index in [-0.39, 0.29) is 26.1 Å². The minimum absolute atomic E-state index is 0.195. The maximum atomic E-state index is 9.77. The fraction of sp³-hybridized carbons (Fsp3) is 0.625. The lowest BCUT2D eigenvalue weighted by Crippen LogP contribution is -2.39. The molecule has 0 aliphatic heterocycles. The Kier molecular flexibility index (Phi) is 26.1. The van der Waals surface area contributed by atoms with E-state index in [4.69, 9.17) is 56.2 Å². The Bertz CT molecular complexity index is 566. The maximum absolute atomic E-state index is 9.77. The van der Waals surface area contributed by atoms with E-state index in [1.54, 1.807) is 0 Å². The van der Waals surface area contributed by atoms with Gasteiger partial charge in [0.1, 0.15) is 0 Å². The van der Waals surface area contributed by atoms with Crippen LogP contribution >= 0.6 is 0 Å². The molecule has 11 N–H and O–H groups in total. The molecule has 0 radical (unpaired) electrons. The standard InChI is InChI=1S/C4H6O6.C4H6O5.C4H6O4.C4H10O2/c5-1(3(7)8)2(6)4(9)10;5-2(4(8)9)1-3(6)7;5-3(6)1-2-4(7)8;5-3-1-2-4-6/h1-2,5-6H,(H,7,8)(H,9,10);2,5H,1H2,(H,6,7)(H,8,9);1-2H2,(H,5,6)(H,7,8);5-6H,1-4H2. The molecule has 0 aliphatic carbocycles. The summed E-state index contributed by atoms with van der Waals surface area (Å²) in [6.45, 7) is 0.390. The van der Waals surface area contributed by atoms with Crippen molar-refractivity contribution in [3.8, 4) is 0 Å². The smallest absolute Gasteiger partial charge is 0.335 e. The van der Waals surface area contributed by atoms with Crippen molar-refractivity contribution in [2.24, 2.45) is 0 Å². The summed E-state index contributed by atoms with van der Waals surface area (Å²) in [4.78, 5) is 58.2. The van der Waals surface area contributed by atoms with E-state index in [9.17, 15) is 28.8 Å². The third-order valence-electron chi connectivity index (χ3n) is 2.58. The Morgan fingerprint density at radius 3 is 0.939 bits per heavy atom. The fourth-order valence-electron chi connectivity index (χ4n) is 0.960. The predicted molar refractivity (Wildman–Crippen MR) is 101 cm³/mol. The summed E-state index contributed by atoms with van der Waals surface area (Å²) in [5.74, 6) is -8.54. The number of hydrogen-bond donors (Lipinski definition) is 11. The van der Waals surface area contributed by atoms with Gasteiger partial charge in [-0.3, -0.25) is 14.4 Å². The number of aliphatic carboxylic acids is 6. The van der Waals surface area contributed by atoms with Gasteiger partial charge in [-0.1, -0.05) is 0 Å². The number of unbranched alkanes of at least 4 members (excludes halogenated alkanes) is 1. The summed E-state index contributed by atoms with van der Waals surface area (Å²) >= 11 is 0. The molecule has 0 spiro atoms. The Balaban J connectivity index is -0.000000173. The molecule has 3 atom stereocenters. The van der Waals surface area contributed by atoms with E-state index in [1.807, 2.05) is 0 Å². The molecule has 17 heteroatoms. The molecule has 33 heavy (non-hydrogen) atoms. The topological polar surface area (TPSA) is 325 Å². The number of carbonyl (C=O) groups is 6. The molecule has 0 aliphatic rings. The number of rotatable bonds is 12. The van der Waals surface area contributed by atoms with E-state index in [1.165, 1.54) is 0 Å². The van der Waals surface area contributed by atoms with Gasteiger partial charge < -0.3 is 56.2 Å². The van der Waals surface area contributed by atoms with E-state index < -0.39 is 60.5 Å². The third kappa shape index (κ3) is 33.5. The molecule has 0 bridgehead atoms. The van der Waals surface area contributed by atoms with Gasteiger partial charge in [-0.05, 0) is 12.8 Å². The molecule has 0 rings (SSSR count). The highest BCUT2D eigenvalue weighted by molar-refractivity contribution is 5.83. The number of aliphatic hydroxyl groups excluding tert-OH is 5. The number of carboxylic acids is 6. The van der Waals surface area contributed by atoms with Crippen molar-refractivity contribution in [3.63, 3.8) is 0 Å². The van der Waals surface area contributed by atoms with Crippen LogP contribution in [0.25, 0.3) is 0 Å². The van der Waals surface area contributed by atoms with Crippen LogP contribution in [-0.2, 0) is 28.8 Å². The highest BCUT2D eigenvalue weighted by Gasteiger charge is 2.29. The van der Waals surface area contributed by atoms with E-state index >= 15 is 0 Å². The summed E-state index contributed by atoms with van der Waals surface area (Å²) in [5.41, 5.74) is 0. The first-order valence-electron chi connectivity index (χ1n) is 8.64. The number of hydrogen-bond acceptors (Lipinski definition) is 11. The van der Waals surface area contributed by atoms with Crippen molar-refractivity contribution in [1.82, 2.24) is 0 Å². The van der Waals surface area contributed by atoms with Crippen molar-refractivity contribution < 1.29 is 84.9 Å². The van der Waals surface area contributed by atoms with Gasteiger partial charge in [0.15, 0.2) is 18.3 Å². The van der Waals surface area contributed by atoms with Crippen molar-refractivity contribution >= 4 is 35.8 Å². The minimum Gasteiger partial charge on any atom is -0.481 e. The Morgan fingerprint density at radius 2 is 0.818 bits per heavy atom. The second kappa shape index (κ2) is 23.3. The molecule has 0 saturated heterocycles. The summed E-state index contributed by atoms with van der Waals surface area (Å²) in [7, 11) is 0. The molecule has 0 fully saturated rings. The highest BCUT2D eigenvalue weighted by Crippen LogP contribution is 1.92. The Morgan fingerprint density at radius 1 is 0.515 bits per heavy atom. The van der Waals surface area contributed by atoms with Crippen molar-refractivity contribution in [1.29, 1.82) is 0 Å². The van der Waals surface area contributed by atoms with Gasteiger partial charge in [0.25, 0.3) is 0 Å². The monoisotopic (exact) mass is 492 g/mol. The minimum atomic E-state index is -2.27. The zero-order valence-corrected chi connectivity index (χ0v) is 17.1. The number of aliphatic hydroxyl groups is 5. The molecule has 0 aromatic heterocycles. The zero-order valence-electron chi connectivity index (χ0n) is 17.1. The molecule has 0 amide bonds. The molecule has 3 unspecified atom stereocenters. The Labute approximate surface area is 185 Å². The first-order chi connectivity index (χ1) is 15.0. The van der Waals surface area contributed by atoms with Crippen LogP contribution in [0.5, 0.6) is 0 Å². The predicted octanol–water partition coefficient (Wildman–Crippen LogP) is -3.53. The molecule has 0 aromatic carbocycles. The van der Waals surface area contributed by atoms with Crippen LogP contribution < -0.4 is 0 Å². The van der Waals surface area contributed by atoms with Gasteiger partial charge in [0, 0.05) is 13.2 Å². The van der Waals surface area contributed by atoms with Crippen LogP contribution in [0.3, 0.4) is 0 Å². The molecule has 17 nitrogen and oxygen atoms in total. The van der Waals surface area contributed by atoms with Crippen LogP contribution in [0.15, 0.2) is 0 Å². The van der Waals surface area contributed by atoms with E-state index in [0.717, 1.165) is 12.8 Å². The Hall–Kier alpha value is -3.38. The van der Waals surface area contributed by atoms with Gasteiger partial charge >= 0.3 is 35.8 Å². The molecule has 0 heterocycles. The van der Waals surface area contributed by atoms with Crippen LogP contribution in [0.1, 0.15) is 32.1 Å². The van der Waals surface area contributed by atoms with Crippen molar-refractivity contribution in [3.05, 3.63) is 0 Å². The molecule has 0 saturated carbocycles. The largest absolute Gasteiger partial charge is 0.481 e. The lowest BCUT2D eigenvalue weighted by molar-refractivity contribution is -0.165. The lowest BCUT2D eigenvalue weighted by atomic mass is 10.2. The zero-order chi connectivity index (χ0) is 27.1. The SMILES string of the molecule is O=C(O)C(O)C(O)C(=O)O.O=C(O)CC(O)C(=O)O.O=C(O)CCC(=O)O.OCCCCO. The summed E-state index contributed by atoms with van der Waals surface area (Å²) < 4.78 is 0. The summed E-state index contributed by atoms with van der Waals surface area (Å²) in [6.07, 6.45) is -6.23. The van der Waals surface area contributed by atoms with Crippen LogP contribution in [0, 0.1) is 0 Å². The van der Waals surface area contributed by atoms with Gasteiger partial charge in [0.05, 0.1) is 19.3 Å². The fourth-order valence-corrected chi connectivity index (χ4v) is 0.960. The second-order valence-corrected chi connectivity index (χ2v) is 5.46. The molecular weight excluding hydrogens is 464 g/mol. The average Bonchev–Trinajstić information content (AvgIpc) is 2.70. The maximum Gasteiger partial charge on any atom is 0.335 e. The highest BCUT2D eigenvalue weighted by atomic mass is 16.4. The van der Waals surface area contributed by atoms with Crippen LogP contribution in [0.2, 0.25) is 0 Å². The van der Waals surface area contributed by atoms with E-state index in [0.29, 0.717) is 0 Å². The summed E-state index contributed by atoms with van der Waals surface area (Å²) in [5, 5.41) is 88.6. The normalized spacial score (nSPS) is 11.9. The van der Waals surface area contributed by atoms with E-state index in [2.05, 4.69) is 0 Å². The van der Waals surface area contributed by atoms with Gasteiger partial charge in [-0.25, -0.2) is 14.4 Å². The molecule has 0 aromatic rings. The van der Waals surface area contributed by atoms with Gasteiger partial charge in [0.2, 0.25) is 0 Å². The third-order valence-corrected chi connectivity index (χ3v) is 2.58. The van der Waals surface area contributed by atoms with Crippen molar-refractivity contribution in [2.75, 3.05) is 13.2 Å². The van der Waals surface area contributed by atoms with Gasteiger partial charge in [-0.2, -0.15) is 0 Å². The quantitative estimate of drug-likeness (QED) is 0.117. The first kappa shape index (κ1) is 37.0. The molecular formula is C16H28O17. The summed E-state index contributed by atoms with van der Waals surface area (Å²) in [6, 6.07) is 0. The van der Waals surface area contributed by atoms with Gasteiger partial charge in [-0.15, -0.1) is 0 Å². The van der Waals surface area contributed by atoms with Crippen LogP contribution in [0.4, 0.5) is 0 Å². The van der Waals surface area contributed by atoms with Crippen LogP contribution in [-0.4, -0.2) is 124 Å².